The molecule has 1 aliphatic heterocycles. The first-order valence-electron chi connectivity index (χ1n) is 11.0. The molecule has 0 saturated carbocycles. The van der Waals surface area contributed by atoms with E-state index in [2.05, 4.69) is 53.5 Å². The molecule has 2 aromatic carbocycles. The molecule has 3 aromatic rings. The van der Waals surface area contributed by atoms with Crippen LogP contribution < -0.4 is 5.73 Å². The summed E-state index contributed by atoms with van der Waals surface area (Å²) in [6.07, 6.45) is 8.76. The number of guanidine groups is 1. The Bertz CT molecular complexity index is 1160. The van der Waals surface area contributed by atoms with Crippen molar-refractivity contribution in [1.29, 1.82) is 0 Å². The molecule has 1 atom stereocenters. The molecule has 6 rings (SSSR count). The van der Waals surface area contributed by atoms with Gasteiger partial charge >= 0.3 is 0 Å². The summed E-state index contributed by atoms with van der Waals surface area (Å²) in [7, 11) is 1.86. The highest BCUT2D eigenvalue weighted by atomic mass is 16.7. The van der Waals surface area contributed by atoms with Crippen LogP contribution in [0.5, 0.6) is 0 Å². The Labute approximate surface area is 182 Å². The maximum absolute atomic E-state index is 6.58. The third kappa shape index (κ3) is 2.66. The van der Waals surface area contributed by atoms with E-state index in [1.54, 1.807) is 11.3 Å². The zero-order valence-electron chi connectivity index (χ0n) is 17.7. The smallest absolute Gasteiger partial charge is 0.220 e. The van der Waals surface area contributed by atoms with E-state index in [1.807, 2.05) is 19.3 Å². The van der Waals surface area contributed by atoms with Crippen molar-refractivity contribution >= 4 is 5.96 Å². The third-order valence-corrected chi connectivity index (χ3v) is 7.45. The quantitative estimate of drug-likeness (QED) is 0.653. The molecule has 5 heteroatoms. The molecule has 0 saturated heterocycles. The van der Waals surface area contributed by atoms with E-state index in [0.717, 1.165) is 48.8 Å². The number of rotatable bonds is 1. The molecule has 1 aromatic heterocycles. The first kappa shape index (κ1) is 18.6. The van der Waals surface area contributed by atoms with Crippen LogP contribution in [0.1, 0.15) is 35.1 Å². The zero-order chi connectivity index (χ0) is 21.1. The van der Waals surface area contributed by atoms with Gasteiger partial charge in [-0.1, -0.05) is 42.5 Å². The number of aliphatic imine (C=N–C) groups is 1. The zero-order valence-corrected chi connectivity index (χ0v) is 17.7. The van der Waals surface area contributed by atoms with Crippen LogP contribution in [0.2, 0.25) is 0 Å². The van der Waals surface area contributed by atoms with Gasteiger partial charge in [0.2, 0.25) is 11.7 Å². The molecule has 3 aliphatic rings. The second-order valence-electron chi connectivity index (χ2n) is 9.04. The molecule has 1 unspecified atom stereocenters. The summed E-state index contributed by atoms with van der Waals surface area (Å²) in [5, 5.41) is 1.64. The predicted octanol–water partition coefficient (Wildman–Crippen LogP) is 4.21. The average Bonchev–Trinajstić information content (AvgIpc) is 3.15. The van der Waals surface area contributed by atoms with E-state index in [9.17, 15) is 0 Å². The minimum absolute atomic E-state index is 0.128. The van der Waals surface area contributed by atoms with Crippen LogP contribution in [0.25, 0.3) is 11.1 Å². The van der Waals surface area contributed by atoms with Crippen molar-refractivity contribution in [1.82, 2.24) is 10.0 Å². The minimum atomic E-state index is -0.776. The Morgan fingerprint density at radius 1 is 0.935 bits per heavy atom. The van der Waals surface area contributed by atoms with Crippen molar-refractivity contribution in [2.24, 2.45) is 16.1 Å². The number of nitrogens with two attached hydrogens (primary N) is 1. The Hall–Kier alpha value is -3.18. The Morgan fingerprint density at radius 2 is 1.71 bits per heavy atom. The van der Waals surface area contributed by atoms with Crippen molar-refractivity contribution in [3.63, 3.8) is 0 Å². The number of aryl methyl sites for hydroxylation is 2. The number of hydrogen-bond donors (Lipinski definition) is 1. The summed E-state index contributed by atoms with van der Waals surface area (Å²) in [4.78, 5) is 15.9. The summed E-state index contributed by atoms with van der Waals surface area (Å²) >= 11 is 0. The molecule has 0 radical (unpaired) electrons. The second-order valence-corrected chi connectivity index (χ2v) is 9.04. The fraction of sp³-hybridized carbons (Fsp3) is 0.308. The molecule has 2 N–H and O–H groups in total. The van der Waals surface area contributed by atoms with E-state index in [0.29, 0.717) is 5.96 Å². The van der Waals surface area contributed by atoms with Crippen molar-refractivity contribution in [2.45, 2.75) is 37.8 Å². The molecule has 2 aliphatic carbocycles. The highest BCUT2D eigenvalue weighted by molar-refractivity contribution is 5.79. The van der Waals surface area contributed by atoms with Gasteiger partial charge in [0.25, 0.3) is 0 Å². The normalized spacial score (nSPS) is 23.5. The maximum atomic E-state index is 6.58. The SMILES string of the molecule is CN1OC2(N=C1N)c1cc(-c3cccnc3)ccc1CC21CCc2ccccc2CC1. The van der Waals surface area contributed by atoms with Crippen molar-refractivity contribution in [2.75, 3.05) is 7.05 Å². The van der Waals surface area contributed by atoms with Crippen molar-refractivity contribution in [3.05, 3.63) is 89.2 Å². The molecule has 0 amide bonds. The largest absolute Gasteiger partial charge is 0.368 e. The highest BCUT2D eigenvalue weighted by Crippen LogP contribution is 2.61. The van der Waals surface area contributed by atoms with Gasteiger partial charge in [-0.25, -0.2) is 14.9 Å². The van der Waals surface area contributed by atoms with E-state index in [1.165, 1.54) is 16.7 Å². The predicted molar refractivity (Wildman–Crippen MR) is 121 cm³/mol. The van der Waals surface area contributed by atoms with Gasteiger partial charge in [-0.05, 0) is 72.1 Å². The van der Waals surface area contributed by atoms with Gasteiger partial charge < -0.3 is 5.73 Å². The molecular formula is C26H26N4O. The lowest BCUT2D eigenvalue weighted by molar-refractivity contribution is -0.224. The van der Waals surface area contributed by atoms with Crippen LogP contribution in [0.3, 0.4) is 0 Å². The van der Waals surface area contributed by atoms with Gasteiger partial charge in [-0.2, -0.15) is 0 Å². The van der Waals surface area contributed by atoms with Crippen LogP contribution in [-0.2, 0) is 29.8 Å². The van der Waals surface area contributed by atoms with Gasteiger partial charge in [0.05, 0.1) is 0 Å². The van der Waals surface area contributed by atoms with Gasteiger partial charge in [0, 0.05) is 30.4 Å². The van der Waals surface area contributed by atoms with Crippen LogP contribution in [0.4, 0.5) is 0 Å². The number of aromatic nitrogens is 1. The number of nitrogens with zero attached hydrogens (tertiary/aromatic N) is 3. The number of hydrogen-bond acceptors (Lipinski definition) is 5. The van der Waals surface area contributed by atoms with E-state index < -0.39 is 5.72 Å². The summed E-state index contributed by atoms with van der Waals surface area (Å²) in [6.45, 7) is 0. The molecule has 0 fully saturated rings. The summed E-state index contributed by atoms with van der Waals surface area (Å²) in [5.41, 5.74) is 13.0. The summed E-state index contributed by atoms with van der Waals surface area (Å²) in [5.74, 6) is 0.445. The first-order chi connectivity index (χ1) is 15.1. The van der Waals surface area contributed by atoms with Crippen LogP contribution in [0.15, 0.2) is 72.0 Å². The minimum Gasteiger partial charge on any atom is -0.368 e. The van der Waals surface area contributed by atoms with Crippen LogP contribution >= 0.6 is 0 Å². The summed E-state index contributed by atoms with van der Waals surface area (Å²) < 4.78 is 0. The topological polar surface area (TPSA) is 63.7 Å². The Balaban J connectivity index is 1.49. The lowest BCUT2D eigenvalue weighted by atomic mass is 9.71. The monoisotopic (exact) mass is 410 g/mol. The molecule has 5 nitrogen and oxygen atoms in total. The summed E-state index contributed by atoms with van der Waals surface area (Å²) in [6, 6.07) is 19.6. The van der Waals surface area contributed by atoms with Crippen LogP contribution in [-0.4, -0.2) is 23.1 Å². The molecule has 31 heavy (non-hydrogen) atoms. The number of pyridine rings is 1. The van der Waals surface area contributed by atoms with Gasteiger partial charge in [0.1, 0.15) is 0 Å². The fourth-order valence-electron chi connectivity index (χ4n) is 5.78. The number of fused-ring (bicyclic) bond motifs is 4. The number of hydroxylamine groups is 2. The molecule has 2 heterocycles. The number of benzene rings is 2. The second kappa shape index (κ2) is 6.66. The molecule has 0 bridgehead atoms. The Kier molecular flexibility index (Phi) is 3.99. The van der Waals surface area contributed by atoms with E-state index >= 15 is 0 Å². The van der Waals surface area contributed by atoms with Crippen LogP contribution in [0, 0.1) is 5.41 Å². The highest BCUT2D eigenvalue weighted by Gasteiger charge is 2.62. The molecule has 2 spiro atoms. The Morgan fingerprint density at radius 3 is 2.35 bits per heavy atom. The first-order valence-corrected chi connectivity index (χ1v) is 11.0. The molecular weight excluding hydrogens is 384 g/mol. The van der Waals surface area contributed by atoms with E-state index in [-0.39, 0.29) is 5.41 Å². The fourth-order valence-corrected chi connectivity index (χ4v) is 5.78. The van der Waals surface area contributed by atoms with Gasteiger partial charge in [-0.15, -0.1) is 0 Å². The third-order valence-electron chi connectivity index (χ3n) is 7.45. The standard InChI is InChI=1S/C26H26N4O/c1-30-24(27)29-26(31-30)23-15-20(22-7-4-14-28-17-22)8-9-21(23)16-25(26)12-10-18-5-2-3-6-19(18)11-13-25/h2-9,14-15,17H,10-13,16H2,1H3,(H2,27,29). The maximum Gasteiger partial charge on any atom is 0.220 e. The van der Waals surface area contributed by atoms with Gasteiger partial charge in [-0.3, -0.25) is 4.98 Å². The van der Waals surface area contributed by atoms with Gasteiger partial charge in [0.15, 0.2) is 0 Å². The lowest BCUT2D eigenvalue weighted by Gasteiger charge is -2.40. The van der Waals surface area contributed by atoms with Crippen molar-refractivity contribution < 1.29 is 4.84 Å². The van der Waals surface area contributed by atoms with Crippen molar-refractivity contribution in [3.8, 4) is 11.1 Å². The lowest BCUT2D eigenvalue weighted by Crippen LogP contribution is -2.43. The molecule has 156 valence electrons. The van der Waals surface area contributed by atoms with E-state index in [4.69, 9.17) is 15.6 Å². The average molecular weight is 411 g/mol.